The molecule has 3 unspecified atom stereocenters. The Kier molecular flexibility index (Phi) is 5.03. The third-order valence-corrected chi connectivity index (χ3v) is 4.31. The summed E-state index contributed by atoms with van der Waals surface area (Å²) in [5.41, 5.74) is 0.685. The van der Waals surface area contributed by atoms with E-state index in [1.807, 2.05) is 26.1 Å². The lowest BCUT2D eigenvalue weighted by molar-refractivity contribution is 0.101. The number of nitrogens with one attached hydrogen (secondary N) is 1. The summed E-state index contributed by atoms with van der Waals surface area (Å²) in [6.07, 6.45) is 3.63. The minimum absolute atomic E-state index is 0.0128. The molecule has 2 rings (SSSR count). The highest BCUT2D eigenvalue weighted by molar-refractivity contribution is 5.30. The van der Waals surface area contributed by atoms with E-state index in [1.54, 1.807) is 0 Å². The molecule has 0 heterocycles. The minimum atomic E-state index is -0.193. The van der Waals surface area contributed by atoms with Crippen LogP contribution in [0.15, 0.2) is 18.2 Å². The molecule has 20 heavy (non-hydrogen) atoms. The minimum Gasteiger partial charge on any atom is -0.490 e. The summed E-state index contributed by atoms with van der Waals surface area (Å²) < 4.78 is 20.1. The second kappa shape index (κ2) is 6.57. The molecule has 1 N–H and O–H groups in total. The molecule has 112 valence electrons. The Hall–Kier alpha value is -1.09. The van der Waals surface area contributed by atoms with Crippen LogP contribution in [0.2, 0.25) is 0 Å². The number of hydrogen-bond donors (Lipinski definition) is 1. The normalized spacial score (nSPS) is 28.1. The highest BCUT2D eigenvalue weighted by Crippen LogP contribution is 2.32. The number of ether oxygens (including phenoxy) is 1. The first-order valence-corrected chi connectivity index (χ1v) is 7.63. The maximum Gasteiger partial charge on any atom is 0.131 e. The predicted molar refractivity (Wildman–Crippen MR) is 80.5 cm³/mol. The van der Waals surface area contributed by atoms with Crippen LogP contribution in [0, 0.1) is 17.7 Å². The van der Waals surface area contributed by atoms with Gasteiger partial charge in [0, 0.05) is 17.7 Å². The van der Waals surface area contributed by atoms with E-state index in [2.05, 4.69) is 19.2 Å². The Bertz CT molecular complexity index is 439. The molecule has 0 aliphatic heterocycles. The Morgan fingerprint density at radius 2 is 1.85 bits per heavy atom. The van der Waals surface area contributed by atoms with E-state index in [4.69, 9.17) is 4.74 Å². The average molecular weight is 279 g/mol. The monoisotopic (exact) mass is 279 g/mol. The van der Waals surface area contributed by atoms with Crippen LogP contribution in [0.1, 0.15) is 51.6 Å². The molecule has 0 radical (unpaired) electrons. The molecule has 0 aromatic heterocycles. The van der Waals surface area contributed by atoms with Gasteiger partial charge in [-0.1, -0.05) is 19.9 Å². The first kappa shape index (κ1) is 15.3. The first-order valence-electron chi connectivity index (χ1n) is 7.63. The van der Waals surface area contributed by atoms with Gasteiger partial charge in [-0.3, -0.25) is 0 Å². The Morgan fingerprint density at radius 3 is 2.40 bits per heavy atom. The number of benzene rings is 1. The van der Waals surface area contributed by atoms with Crippen LogP contribution in [-0.4, -0.2) is 13.2 Å². The van der Waals surface area contributed by atoms with Gasteiger partial charge in [-0.2, -0.15) is 0 Å². The summed E-state index contributed by atoms with van der Waals surface area (Å²) in [7, 11) is 1.83. The van der Waals surface area contributed by atoms with E-state index in [0.717, 1.165) is 12.8 Å². The number of rotatable bonds is 4. The van der Waals surface area contributed by atoms with Crippen molar-refractivity contribution in [2.75, 3.05) is 7.05 Å². The molecular weight excluding hydrogens is 253 g/mol. The molecule has 1 fully saturated rings. The van der Waals surface area contributed by atoms with Crippen molar-refractivity contribution >= 4 is 0 Å². The van der Waals surface area contributed by atoms with Crippen LogP contribution in [-0.2, 0) is 0 Å². The van der Waals surface area contributed by atoms with Crippen molar-refractivity contribution in [3.8, 4) is 5.75 Å². The summed E-state index contributed by atoms with van der Waals surface area (Å²) in [5.74, 6) is 1.84. The summed E-state index contributed by atoms with van der Waals surface area (Å²) in [6, 6.07) is 5.24. The average Bonchev–Trinajstić information content (AvgIpc) is 2.36. The highest BCUT2D eigenvalue weighted by Gasteiger charge is 2.25. The highest BCUT2D eigenvalue weighted by atomic mass is 19.1. The van der Waals surface area contributed by atoms with Crippen LogP contribution < -0.4 is 10.1 Å². The third kappa shape index (κ3) is 3.72. The fourth-order valence-corrected chi connectivity index (χ4v) is 3.25. The molecule has 0 saturated heterocycles. The van der Waals surface area contributed by atoms with Gasteiger partial charge < -0.3 is 10.1 Å². The van der Waals surface area contributed by atoms with Gasteiger partial charge in [0.1, 0.15) is 11.6 Å². The molecule has 1 aromatic rings. The SMILES string of the molecule is CNC(C)c1ccc(OC2CC(C)CC(C)C2)cc1F. The molecule has 1 aliphatic rings. The number of hydrogen-bond acceptors (Lipinski definition) is 2. The van der Waals surface area contributed by atoms with Gasteiger partial charge >= 0.3 is 0 Å². The van der Waals surface area contributed by atoms with Gasteiger partial charge in [0.25, 0.3) is 0 Å². The molecule has 1 aliphatic carbocycles. The Labute approximate surface area is 121 Å². The second-order valence-electron chi connectivity index (χ2n) is 6.35. The van der Waals surface area contributed by atoms with Crippen LogP contribution in [0.3, 0.4) is 0 Å². The van der Waals surface area contributed by atoms with Gasteiger partial charge in [-0.05, 0) is 51.1 Å². The Balaban J connectivity index is 2.05. The lowest BCUT2D eigenvalue weighted by Gasteiger charge is -2.31. The molecular formula is C17H26FNO. The Morgan fingerprint density at radius 1 is 1.20 bits per heavy atom. The molecule has 0 amide bonds. The summed E-state index contributed by atoms with van der Waals surface area (Å²) in [6.45, 7) is 6.48. The van der Waals surface area contributed by atoms with Crippen molar-refractivity contribution in [2.45, 2.75) is 52.2 Å². The molecule has 3 atom stereocenters. The molecule has 1 saturated carbocycles. The van der Waals surface area contributed by atoms with Crippen molar-refractivity contribution in [3.63, 3.8) is 0 Å². The summed E-state index contributed by atoms with van der Waals surface area (Å²) >= 11 is 0. The van der Waals surface area contributed by atoms with Crippen LogP contribution in [0.5, 0.6) is 5.75 Å². The van der Waals surface area contributed by atoms with Crippen molar-refractivity contribution in [1.82, 2.24) is 5.32 Å². The summed E-state index contributed by atoms with van der Waals surface area (Å²) in [4.78, 5) is 0. The fourth-order valence-electron chi connectivity index (χ4n) is 3.25. The zero-order chi connectivity index (χ0) is 14.7. The van der Waals surface area contributed by atoms with Crippen molar-refractivity contribution in [3.05, 3.63) is 29.6 Å². The molecule has 0 spiro atoms. The van der Waals surface area contributed by atoms with Gasteiger partial charge in [0.2, 0.25) is 0 Å². The van der Waals surface area contributed by atoms with Crippen LogP contribution in [0.25, 0.3) is 0 Å². The van der Waals surface area contributed by atoms with E-state index < -0.39 is 0 Å². The van der Waals surface area contributed by atoms with E-state index in [-0.39, 0.29) is 18.0 Å². The molecule has 3 heteroatoms. The van der Waals surface area contributed by atoms with Gasteiger partial charge in [0.15, 0.2) is 0 Å². The summed E-state index contributed by atoms with van der Waals surface area (Å²) in [5, 5.41) is 3.05. The standard InChI is InChI=1S/C17H26FNO/c1-11-7-12(2)9-15(8-11)20-14-5-6-16(13(3)19-4)17(18)10-14/h5-6,10-13,15,19H,7-9H2,1-4H3. The third-order valence-electron chi connectivity index (χ3n) is 4.31. The van der Waals surface area contributed by atoms with Crippen molar-refractivity contribution in [2.24, 2.45) is 11.8 Å². The first-order chi connectivity index (χ1) is 9.49. The van der Waals surface area contributed by atoms with E-state index in [0.29, 0.717) is 23.1 Å². The van der Waals surface area contributed by atoms with Crippen molar-refractivity contribution in [1.29, 1.82) is 0 Å². The quantitative estimate of drug-likeness (QED) is 0.886. The predicted octanol–water partition coefficient (Wildman–Crippen LogP) is 4.31. The van der Waals surface area contributed by atoms with E-state index in [9.17, 15) is 4.39 Å². The van der Waals surface area contributed by atoms with E-state index in [1.165, 1.54) is 12.5 Å². The smallest absolute Gasteiger partial charge is 0.131 e. The van der Waals surface area contributed by atoms with Crippen LogP contribution in [0.4, 0.5) is 4.39 Å². The molecule has 2 nitrogen and oxygen atoms in total. The van der Waals surface area contributed by atoms with Gasteiger partial charge in [-0.15, -0.1) is 0 Å². The zero-order valence-corrected chi connectivity index (χ0v) is 12.9. The maximum atomic E-state index is 14.1. The zero-order valence-electron chi connectivity index (χ0n) is 12.9. The van der Waals surface area contributed by atoms with Crippen molar-refractivity contribution < 1.29 is 9.13 Å². The largest absolute Gasteiger partial charge is 0.490 e. The molecule has 0 bridgehead atoms. The lowest BCUT2D eigenvalue weighted by Crippen LogP contribution is -2.28. The lowest BCUT2D eigenvalue weighted by atomic mass is 9.82. The number of halogens is 1. The maximum absolute atomic E-state index is 14.1. The molecule has 1 aromatic carbocycles. The van der Waals surface area contributed by atoms with Gasteiger partial charge in [0.05, 0.1) is 6.10 Å². The second-order valence-corrected chi connectivity index (χ2v) is 6.35. The topological polar surface area (TPSA) is 21.3 Å². The van der Waals surface area contributed by atoms with Crippen LogP contribution >= 0.6 is 0 Å². The van der Waals surface area contributed by atoms with E-state index >= 15 is 0 Å². The van der Waals surface area contributed by atoms with Gasteiger partial charge in [-0.25, -0.2) is 4.39 Å². The fraction of sp³-hybridized carbons (Fsp3) is 0.647.